The molecule has 0 saturated heterocycles. The van der Waals surface area contributed by atoms with Crippen LogP contribution < -0.4 is 10.5 Å². The lowest BCUT2D eigenvalue weighted by atomic mass is 10.1. The van der Waals surface area contributed by atoms with Crippen LogP contribution in [0.1, 0.15) is 19.4 Å². The SMILES string of the molecule is CCOc1ccc(CC)cc1-c1[nH]nc(N)c1I. The highest BCUT2D eigenvalue weighted by molar-refractivity contribution is 14.1. The first-order valence-corrected chi connectivity index (χ1v) is 7.00. The predicted molar refractivity (Wildman–Crippen MR) is 81.7 cm³/mol. The predicted octanol–water partition coefficient (Wildman–Crippen LogP) is 3.22. The maximum atomic E-state index is 5.78. The van der Waals surface area contributed by atoms with Crippen molar-refractivity contribution in [2.45, 2.75) is 20.3 Å². The molecule has 18 heavy (non-hydrogen) atoms. The first-order chi connectivity index (χ1) is 8.67. The number of benzene rings is 1. The second-order valence-electron chi connectivity index (χ2n) is 3.91. The average Bonchev–Trinajstić information content (AvgIpc) is 2.71. The van der Waals surface area contributed by atoms with E-state index in [2.05, 4.69) is 51.8 Å². The molecule has 1 aromatic carbocycles. The highest BCUT2D eigenvalue weighted by Gasteiger charge is 2.14. The van der Waals surface area contributed by atoms with E-state index in [1.54, 1.807) is 0 Å². The molecule has 0 saturated carbocycles. The molecule has 0 aliphatic carbocycles. The van der Waals surface area contributed by atoms with E-state index in [1.807, 2.05) is 13.0 Å². The minimum atomic E-state index is 0.523. The molecule has 0 fully saturated rings. The molecule has 1 aromatic heterocycles. The Morgan fingerprint density at radius 1 is 1.39 bits per heavy atom. The van der Waals surface area contributed by atoms with Crippen molar-refractivity contribution in [1.82, 2.24) is 10.2 Å². The van der Waals surface area contributed by atoms with Gasteiger partial charge in [0.2, 0.25) is 0 Å². The highest BCUT2D eigenvalue weighted by Crippen LogP contribution is 2.34. The van der Waals surface area contributed by atoms with E-state index in [0.717, 1.165) is 27.0 Å². The molecule has 0 atom stereocenters. The lowest BCUT2D eigenvalue weighted by Gasteiger charge is -2.11. The minimum absolute atomic E-state index is 0.523. The van der Waals surface area contributed by atoms with Crippen molar-refractivity contribution in [3.63, 3.8) is 0 Å². The van der Waals surface area contributed by atoms with Crippen LogP contribution >= 0.6 is 22.6 Å². The van der Waals surface area contributed by atoms with Gasteiger partial charge in [0, 0.05) is 5.56 Å². The van der Waals surface area contributed by atoms with Gasteiger partial charge in [0.05, 0.1) is 15.9 Å². The molecule has 1 heterocycles. The number of nitrogens with one attached hydrogen (secondary N) is 1. The molecule has 2 rings (SSSR count). The second-order valence-corrected chi connectivity index (χ2v) is 4.99. The zero-order valence-electron chi connectivity index (χ0n) is 10.5. The summed E-state index contributed by atoms with van der Waals surface area (Å²) >= 11 is 2.20. The zero-order chi connectivity index (χ0) is 13.1. The van der Waals surface area contributed by atoms with E-state index >= 15 is 0 Å². The molecule has 0 bridgehead atoms. The van der Waals surface area contributed by atoms with Gasteiger partial charge in [-0.05, 0) is 53.6 Å². The van der Waals surface area contributed by atoms with Gasteiger partial charge < -0.3 is 10.5 Å². The van der Waals surface area contributed by atoms with Crippen molar-refractivity contribution in [1.29, 1.82) is 0 Å². The molecule has 0 amide bonds. The summed E-state index contributed by atoms with van der Waals surface area (Å²) in [5, 5.41) is 7.02. The molecule has 0 aliphatic heterocycles. The summed E-state index contributed by atoms with van der Waals surface area (Å²) in [6, 6.07) is 6.21. The van der Waals surface area contributed by atoms with Gasteiger partial charge in [0.15, 0.2) is 5.82 Å². The van der Waals surface area contributed by atoms with E-state index in [-0.39, 0.29) is 0 Å². The van der Waals surface area contributed by atoms with Crippen LogP contribution in [-0.4, -0.2) is 16.8 Å². The standard InChI is InChI=1S/C13H16IN3O/c1-3-8-5-6-10(18-4-2)9(7-8)12-11(14)13(15)17-16-12/h5-7H,3-4H2,1-2H3,(H3,15,16,17). The number of aryl methyl sites for hydroxylation is 1. The molecule has 5 heteroatoms. The van der Waals surface area contributed by atoms with Crippen molar-refractivity contribution >= 4 is 28.4 Å². The van der Waals surface area contributed by atoms with Crippen molar-refractivity contribution in [2.24, 2.45) is 0 Å². The van der Waals surface area contributed by atoms with Crippen molar-refractivity contribution in [3.05, 3.63) is 27.3 Å². The Kier molecular flexibility index (Phi) is 4.11. The number of halogens is 1. The third-order valence-electron chi connectivity index (χ3n) is 2.75. The number of hydrogen-bond donors (Lipinski definition) is 2. The number of aromatic nitrogens is 2. The van der Waals surface area contributed by atoms with Crippen LogP contribution in [0.4, 0.5) is 5.82 Å². The number of nitrogens with two attached hydrogens (primary N) is 1. The van der Waals surface area contributed by atoms with Crippen LogP contribution in [0.15, 0.2) is 18.2 Å². The van der Waals surface area contributed by atoms with Crippen molar-refractivity contribution in [2.75, 3.05) is 12.3 Å². The second kappa shape index (κ2) is 5.60. The van der Waals surface area contributed by atoms with E-state index in [1.165, 1.54) is 5.56 Å². The number of rotatable bonds is 4. The van der Waals surface area contributed by atoms with Crippen LogP contribution in [0.25, 0.3) is 11.3 Å². The smallest absolute Gasteiger partial charge is 0.159 e. The van der Waals surface area contributed by atoms with Crippen molar-refractivity contribution < 1.29 is 4.74 Å². The Hall–Kier alpha value is -1.24. The van der Waals surface area contributed by atoms with E-state index in [4.69, 9.17) is 10.5 Å². The minimum Gasteiger partial charge on any atom is -0.493 e. The molecule has 2 aromatic rings. The van der Waals surface area contributed by atoms with Crippen LogP contribution in [0.3, 0.4) is 0 Å². The first kappa shape index (κ1) is 13.2. The maximum Gasteiger partial charge on any atom is 0.159 e. The van der Waals surface area contributed by atoms with Gasteiger partial charge in [0.1, 0.15) is 5.75 Å². The summed E-state index contributed by atoms with van der Waals surface area (Å²) in [6.07, 6.45) is 0.986. The van der Waals surface area contributed by atoms with Crippen LogP contribution in [0, 0.1) is 3.57 Å². The summed E-state index contributed by atoms with van der Waals surface area (Å²) in [4.78, 5) is 0. The van der Waals surface area contributed by atoms with Gasteiger partial charge in [-0.15, -0.1) is 0 Å². The Bertz CT molecular complexity index is 551. The molecular weight excluding hydrogens is 341 g/mol. The molecule has 0 unspecified atom stereocenters. The fraction of sp³-hybridized carbons (Fsp3) is 0.308. The first-order valence-electron chi connectivity index (χ1n) is 5.92. The van der Waals surface area contributed by atoms with Gasteiger partial charge in [0.25, 0.3) is 0 Å². The average molecular weight is 357 g/mol. The number of nitrogens with zero attached hydrogens (tertiary/aromatic N) is 1. The van der Waals surface area contributed by atoms with Crippen LogP contribution in [0.2, 0.25) is 0 Å². The summed E-state index contributed by atoms with van der Waals surface area (Å²) in [7, 11) is 0. The monoisotopic (exact) mass is 357 g/mol. The number of aromatic amines is 1. The molecule has 0 aliphatic rings. The van der Waals surface area contributed by atoms with Gasteiger partial charge in [-0.25, -0.2) is 0 Å². The van der Waals surface area contributed by atoms with Crippen LogP contribution in [0.5, 0.6) is 5.75 Å². The largest absolute Gasteiger partial charge is 0.493 e. The Labute approximate surface area is 120 Å². The third kappa shape index (κ3) is 2.45. The summed E-state index contributed by atoms with van der Waals surface area (Å²) < 4.78 is 6.60. The van der Waals surface area contributed by atoms with E-state index < -0.39 is 0 Å². The fourth-order valence-corrected chi connectivity index (χ4v) is 2.33. The van der Waals surface area contributed by atoms with E-state index in [0.29, 0.717) is 12.4 Å². The molecule has 3 N–H and O–H groups in total. The quantitative estimate of drug-likeness (QED) is 0.826. The summed E-state index contributed by atoms with van der Waals surface area (Å²) in [5.74, 6) is 1.38. The van der Waals surface area contributed by atoms with Crippen LogP contribution in [-0.2, 0) is 6.42 Å². The Balaban J connectivity index is 2.55. The fourth-order valence-electron chi connectivity index (χ4n) is 1.79. The Morgan fingerprint density at radius 3 is 2.72 bits per heavy atom. The zero-order valence-corrected chi connectivity index (χ0v) is 12.6. The van der Waals surface area contributed by atoms with Gasteiger partial charge in [-0.3, -0.25) is 5.10 Å². The molecule has 0 spiro atoms. The number of nitrogen functional groups attached to an aromatic ring is 1. The third-order valence-corrected chi connectivity index (χ3v) is 3.85. The lowest BCUT2D eigenvalue weighted by molar-refractivity contribution is 0.341. The normalized spacial score (nSPS) is 10.6. The van der Waals surface area contributed by atoms with Gasteiger partial charge in [-0.2, -0.15) is 5.10 Å². The Morgan fingerprint density at radius 2 is 2.17 bits per heavy atom. The topological polar surface area (TPSA) is 63.9 Å². The molecule has 0 radical (unpaired) electrons. The molecule has 4 nitrogen and oxygen atoms in total. The van der Waals surface area contributed by atoms with Crippen molar-refractivity contribution in [3.8, 4) is 17.0 Å². The number of H-pyrrole nitrogens is 1. The maximum absolute atomic E-state index is 5.78. The lowest BCUT2D eigenvalue weighted by Crippen LogP contribution is -1.96. The molecular formula is C13H16IN3O. The van der Waals surface area contributed by atoms with Gasteiger partial charge >= 0.3 is 0 Å². The number of anilines is 1. The van der Waals surface area contributed by atoms with Gasteiger partial charge in [-0.1, -0.05) is 13.0 Å². The highest BCUT2D eigenvalue weighted by atomic mass is 127. The van der Waals surface area contributed by atoms with E-state index in [9.17, 15) is 0 Å². The summed E-state index contributed by atoms with van der Waals surface area (Å²) in [6.45, 7) is 4.74. The number of hydrogen-bond acceptors (Lipinski definition) is 3. The molecule has 96 valence electrons. The summed E-state index contributed by atoms with van der Waals surface area (Å²) in [5.41, 5.74) is 8.98. The number of ether oxygens (including phenoxy) is 1.